The molecule has 4 rings (SSSR count). The third-order valence-electron chi connectivity index (χ3n) is 4.72. The second kappa shape index (κ2) is 9.06. The molecule has 1 heterocycles. The first-order valence-corrected chi connectivity index (χ1v) is 11.0. The Morgan fingerprint density at radius 3 is 2.27 bits per heavy atom. The largest absolute Gasteiger partial charge is 0.494 e. The Hall–Kier alpha value is -2.57. The van der Waals surface area contributed by atoms with Gasteiger partial charge in [0.1, 0.15) is 5.75 Å². The summed E-state index contributed by atoms with van der Waals surface area (Å²) in [6.07, 6.45) is 3.83. The fourth-order valence-electron chi connectivity index (χ4n) is 3.30. The zero-order chi connectivity index (χ0) is 21.1. The SMILES string of the molecule is CCOc1ccc(/C=C2\C=C(c3ccc(Cl)cc3)N(c3ccc(I)cc3)C2=O)cc1. The molecule has 3 aromatic rings. The molecule has 0 bridgehead atoms. The van der Waals surface area contributed by atoms with Crippen LogP contribution in [0, 0.1) is 3.57 Å². The van der Waals surface area contributed by atoms with Gasteiger partial charge in [-0.05, 0) is 101 Å². The number of hydrogen-bond acceptors (Lipinski definition) is 2. The summed E-state index contributed by atoms with van der Waals surface area (Å²) in [7, 11) is 0. The van der Waals surface area contributed by atoms with E-state index in [1.807, 2.05) is 91.9 Å². The lowest BCUT2D eigenvalue weighted by molar-refractivity contribution is -0.113. The van der Waals surface area contributed by atoms with E-state index in [0.717, 1.165) is 31.8 Å². The normalized spacial score (nSPS) is 14.9. The summed E-state index contributed by atoms with van der Waals surface area (Å²) in [6.45, 7) is 2.58. The summed E-state index contributed by atoms with van der Waals surface area (Å²) in [4.78, 5) is 15.1. The van der Waals surface area contributed by atoms with Crippen LogP contribution in [0.5, 0.6) is 5.75 Å². The van der Waals surface area contributed by atoms with Gasteiger partial charge < -0.3 is 4.74 Å². The monoisotopic (exact) mass is 527 g/mol. The molecule has 0 atom stereocenters. The summed E-state index contributed by atoms with van der Waals surface area (Å²) in [6, 6.07) is 23.2. The topological polar surface area (TPSA) is 29.5 Å². The fourth-order valence-corrected chi connectivity index (χ4v) is 3.79. The molecule has 1 amide bonds. The molecule has 30 heavy (non-hydrogen) atoms. The Bertz CT molecular complexity index is 1120. The number of nitrogens with zero attached hydrogens (tertiary/aromatic N) is 1. The maximum absolute atomic E-state index is 13.4. The number of carbonyl (C=O) groups excluding carboxylic acids is 1. The summed E-state index contributed by atoms with van der Waals surface area (Å²) in [5.74, 6) is 0.755. The maximum atomic E-state index is 13.4. The van der Waals surface area contributed by atoms with Gasteiger partial charge in [-0.2, -0.15) is 0 Å². The lowest BCUT2D eigenvalue weighted by Gasteiger charge is -2.21. The molecule has 0 fully saturated rings. The van der Waals surface area contributed by atoms with Crippen molar-refractivity contribution < 1.29 is 9.53 Å². The zero-order valence-corrected chi connectivity index (χ0v) is 19.2. The van der Waals surface area contributed by atoms with E-state index in [9.17, 15) is 4.79 Å². The van der Waals surface area contributed by atoms with Crippen molar-refractivity contribution in [1.29, 1.82) is 0 Å². The first kappa shape index (κ1) is 20.7. The van der Waals surface area contributed by atoms with E-state index >= 15 is 0 Å². The van der Waals surface area contributed by atoms with E-state index in [4.69, 9.17) is 16.3 Å². The third-order valence-corrected chi connectivity index (χ3v) is 5.69. The van der Waals surface area contributed by atoms with E-state index in [-0.39, 0.29) is 5.91 Å². The van der Waals surface area contributed by atoms with Crippen LogP contribution in [-0.2, 0) is 4.79 Å². The highest BCUT2D eigenvalue weighted by molar-refractivity contribution is 14.1. The quantitative estimate of drug-likeness (QED) is 0.269. The number of anilines is 1. The number of ether oxygens (including phenoxy) is 1. The number of hydrogen-bond donors (Lipinski definition) is 0. The van der Waals surface area contributed by atoms with E-state index in [1.165, 1.54) is 0 Å². The molecule has 1 aliphatic heterocycles. The van der Waals surface area contributed by atoms with Gasteiger partial charge >= 0.3 is 0 Å². The Labute approximate surface area is 194 Å². The predicted octanol–water partition coefficient (Wildman–Crippen LogP) is 6.81. The number of amides is 1. The second-order valence-electron chi connectivity index (χ2n) is 6.76. The Morgan fingerprint density at radius 2 is 1.63 bits per heavy atom. The average molecular weight is 528 g/mol. The Morgan fingerprint density at radius 1 is 0.967 bits per heavy atom. The van der Waals surface area contributed by atoms with Gasteiger partial charge in [-0.15, -0.1) is 0 Å². The van der Waals surface area contributed by atoms with Crippen molar-refractivity contribution in [3.05, 3.63) is 104 Å². The minimum absolute atomic E-state index is 0.0601. The highest BCUT2D eigenvalue weighted by Gasteiger charge is 2.30. The lowest BCUT2D eigenvalue weighted by atomic mass is 10.1. The molecular weight excluding hydrogens is 509 g/mol. The van der Waals surface area contributed by atoms with Crippen LogP contribution in [-0.4, -0.2) is 12.5 Å². The van der Waals surface area contributed by atoms with Gasteiger partial charge in [0.15, 0.2) is 0 Å². The fraction of sp³-hybridized carbons (Fsp3) is 0.0800. The predicted molar refractivity (Wildman–Crippen MR) is 132 cm³/mol. The smallest absolute Gasteiger partial charge is 0.262 e. The van der Waals surface area contributed by atoms with E-state index in [2.05, 4.69) is 22.6 Å². The molecule has 0 saturated carbocycles. The summed E-state index contributed by atoms with van der Waals surface area (Å²) in [5.41, 5.74) is 4.16. The molecule has 0 radical (unpaired) electrons. The number of carbonyl (C=O) groups is 1. The van der Waals surface area contributed by atoms with Crippen molar-refractivity contribution in [3.63, 3.8) is 0 Å². The van der Waals surface area contributed by atoms with E-state index in [0.29, 0.717) is 17.2 Å². The van der Waals surface area contributed by atoms with E-state index in [1.54, 1.807) is 4.90 Å². The van der Waals surface area contributed by atoms with Crippen LogP contribution >= 0.6 is 34.2 Å². The van der Waals surface area contributed by atoms with E-state index < -0.39 is 0 Å². The average Bonchev–Trinajstić information content (AvgIpc) is 3.07. The lowest BCUT2D eigenvalue weighted by Crippen LogP contribution is -2.24. The summed E-state index contributed by atoms with van der Waals surface area (Å²) in [5, 5.41) is 0.662. The van der Waals surface area contributed by atoms with Crippen LogP contribution in [0.2, 0.25) is 5.02 Å². The van der Waals surface area contributed by atoms with Crippen molar-refractivity contribution in [3.8, 4) is 5.75 Å². The molecule has 0 spiro atoms. The zero-order valence-electron chi connectivity index (χ0n) is 16.3. The molecule has 3 nitrogen and oxygen atoms in total. The standard InChI is InChI=1S/C25H19ClINO2/c1-2-30-23-13-3-17(4-14-23)15-19-16-24(18-5-7-20(26)8-6-18)28(25(19)29)22-11-9-21(27)10-12-22/h3-16H,2H2,1H3/b19-15+. The summed E-state index contributed by atoms with van der Waals surface area (Å²) < 4.78 is 6.62. The molecular formula is C25H19ClINO2. The van der Waals surface area contributed by atoms with Crippen molar-refractivity contribution >= 4 is 57.6 Å². The molecule has 0 N–H and O–H groups in total. The van der Waals surface area contributed by atoms with Crippen LogP contribution in [0.25, 0.3) is 11.8 Å². The van der Waals surface area contributed by atoms with Crippen LogP contribution in [0.15, 0.2) is 84.4 Å². The van der Waals surface area contributed by atoms with Gasteiger partial charge in [-0.1, -0.05) is 35.9 Å². The highest BCUT2D eigenvalue weighted by Crippen LogP contribution is 2.36. The molecule has 1 aliphatic rings. The molecule has 3 aromatic carbocycles. The molecule has 150 valence electrons. The third kappa shape index (κ3) is 4.45. The molecule has 0 aliphatic carbocycles. The Balaban J connectivity index is 1.75. The minimum atomic E-state index is -0.0601. The molecule has 0 saturated heterocycles. The first-order valence-electron chi connectivity index (χ1n) is 9.57. The van der Waals surface area contributed by atoms with Crippen LogP contribution in [0.3, 0.4) is 0 Å². The first-order chi connectivity index (χ1) is 14.5. The van der Waals surface area contributed by atoms with Crippen molar-refractivity contribution in [1.82, 2.24) is 0 Å². The van der Waals surface area contributed by atoms with Gasteiger partial charge in [0.25, 0.3) is 5.91 Å². The minimum Gasteiger partial charge on any atom is -0.494 e. The number of rotatable bonds is 5. The van der Waals surface area contributed by atoms with Gasteiger partial charge in [-0.3, -0.25) is 9.69 Å². The Kier molecular flexibility index (Phi) is 6.25. The summed E-state index contributed by atoms with van der Waals surface area (Å²) >= 11 is 8.33. The maximum Gasteiger partial charge on any atom is 0.262 e. The van der Waals surface area contributed by atoms with Crippen molar-refractivity contribution in [2.45, 2.75) is 6.92 Å². The number of benzene rings is 3. The van der Waals surface area contributed by atoms with Crippen LogP contribution in [0.1, 0.15) is 18.1 Å². The van der Waals surface area contributed by atoms with Crippen molar-refractivity contribution in [2.24, 2.45) is 0 Å². The van der Waals surface area contributed by atoms with Gasteiger partial charge in [0.2, 0.25) is 0 Å². The van der Waals surface area contributed by atoms with Gasteiger partial charge in [0.05, 0.1) is 12.3 Å². The highest BCUT2D eigenvalue weighted by atomic mass is 127. The van der Waals surface area contributed by atoms with Crippen LogP contribution < -0.4 is 9.64 Å². The molecule has 0 aromatic heterocycles. The van der Waals surface area contributed by atoms with Crippen LogP contribution in [0.4, 0.5) is 5.69 Å². The second-order valence-corrected chi connectivity index (χ2v) is 8.44. The van der Waals surface area contributed by atoms with Gasteiger partial charge in [0, 0.05) is 19.9 Å². The van der Waals surface area contributed by atoms with Gasteiger partial charge in [-0.25, -0.2) is 0 Å². The number of halogens is 2. The molecule has 0 unspecified atom stereocenters. The van der Waals surface area contributed by atoms with Crippen molar-refractivity contribution in [2.75, 3.05) is 11.5 Å². The molecule has 5 heteroatoms.